The van der Waals surface area contributed by atoms with Crippen molar-refractivity contribution in [2.45, 2.75) is 25.1 Å². The van der Waals surface area contributed by atoms with Crippen LogP contribution in [0, 0.1) is 0 Å². The van der Waals surface area contributed by atoms with Crippen LogP contribution in [0.5, 0.6) is 11.5 Å². The molecule has 9 heteroatoms. The Balaban J connectivity index is 1.67. The van der Waals surface area contributed by atoms with Crippen molar-refractivity contribution in [1.29, 1.82) is 0 Å². The number of esters is 1. The predicted octanol–water partition coefficient (Wildman–Crippen LogP) is 3.16. The maximum Gasteiger partial charge on any atom is 0.344 e. The summed E-state index contributed by atoms with van der Waals surface area (Å²) in [7, 11) is 2.88. The van der Waals surface area contributed by atoms with Gasteiger partial charge in [-0.05, 0) is 30.7 Å². The largest absolute Gasteiger partial charge is 0.493 e. The number of carbonyl (C=O) groups excluding carboxylic acids is 3. The van der Waals surface area contributed by atoms with Gasteiger partial charge in [-0.2, -0.15) is 0 Å². The number of likely N-dealkylation sites (tertiary alicyclic amines) is 1. The lowest BCUT2D eigenvalue weighted by Gasteiger charge is -2.29. The molecular weight excluding hydrogens is 412 g/mol. The van der Waals surface area contributed by atoms with Gasteiger partial charge in [0.05, 0.1) is 24.9 Å². The van der Waals surface area contributed by atoms with Crippen LogP contribution in [0.2, 0.25) is 5.02 Å². The first kappa shape index (κ1) is 20.0. The van der Waals surface area contributed by atoms with Gasteiger partial charge in [0.15, 0.2) is 11.5 Å². The molecule has 2 aromatic carbocycles. The number of cyclic esters (lactones) is 1. The van der Waals surface area contributed by atoms with E-state index in [0.29, 0.717) is 28.4 Å². The van der Waals surface area contributed by atoms with Crippen LogP contribution in [0.15, 0.2) is 36.4 Å². The average molecular weight is 431 g/mol. The fraction of sp³-hybridized carbons (Fsp3) is 0.286. The van der Waals surface area contributed by atoms with E-state index in [-0.39, 0.29) is 23.6 Å². The highest BCUT2D eigenvalue weighted by Gasteiger charge is 2.47. The van der Waals surface area contributed by atoms with Gasteiger partial charge >= 0.3 is 5.97 Å². The van der Waals surface area contributed by atoms with Crippen LogP contribution in [0.4, 0.5) is 5.69 Å². The molecule has 2 aromatic rings. The second-order valence-corrected chi connectivity index (χ2v) is 7.25. The number of ether oxygens (including phenoxy) is 3. The Bertz CT molecular complexity index is 1040. The number of nitrogens with zero attached hydrogens (tertiary/aromatic N) is 1. The molecule has 0 saturated carbocycles. The maximum absolute atomic E-state index is 12.9. The van der Waals surface area contributed by atoms with Crippen molar-refractivity contribution in [3.8, 4) is 11.5 Å². The van der Waals surface area contributed by atoms with Crippen molar-refractivity contribution in [2.24, 2.45) is 0 Å². The van der Waals surface area contributed by atoms with Crippen molar-refractivity contribution < 1.29 is 28.6 Å². The molecule has 2 atom stereocenters. The SMILES string of the molecule is COc1ccc2c(c1OC)C(=O)O[C@@H]2N1C(=O)CC[C@@H]1C(=O)Nc1ccccc1Cl. The fourth-order valence-electron chi connectivity index (χ4n) is 3.82. The number of nitrogens with one attached hydrogen (secondary N) is 1. The minimum atomic E-state index is -1.02. The lowest BCUT2D eigenvalue weighted by atomic mass is 10.1. The van der Waals surface area contributed by atoms with Crippen molar-refractivity contribution in [1.82, 2.24) is 4.90 Å². The number of benzene rings is 2. The van der Waals surface area contributed by atoms with Crippen LogP contribution in [-0.2, 0) is 14.3 Å². The van der Waals surface area contributed by atoms with E-state index in [1.54, 1.807) is 36.4 Å². The van der Waals surface area contributed by atoms with Gasteiger partial charge in [-0.15, -0.1) is 0 Å². The molecule has 2 amide bonds. The zero-order valence-electron chi connectivity index (χ0n) is 16.3. The van der Waals surface area contributed by atoms with Gasteiger partial charge in [-0.3, -0.25) is 14.5 Å². The van der Waals surface area contributed by atoms with Gasteiger partial charge in [0.2, 0.25) is 18.0 Å². The number of fused-ring (bicyclic) bond motifs is 1. The summed E-state index contributed by atoms with van der Waals surface area (Å²) in [5.41, 5.74) is 1.08. The van der Waals surface area contributed by atoms with Gasteiger partial charge < -0.3 is 19.5 Å². The molecule has 0 unspecified atom stereocenters. The van der Waals surface area contributed by atoms with Crippen LogP contribution < -0.4 is 14.8 Å². The zero-order valence-corrected chi connectivity index (χ0v) is 17.1. The van der Waals surface area contributed by atoms with Crippen molar-refractivity contribution in [2.75, 3.05) is 19.5 Å². The molecule has 2 aliphatic rings. The van der Waals surface area contributed by atoms with E-state index in [1.165, 1.54) is 19.1 Å². The number of carbonyl (C=O) groups is 3. The first-order chi connectivity index (χ1) is 14.5. The summed E-state index contributed by atoms with van der Waals surface area (Å²) in [6.07, 6.45) is -0.562. The number of methoxy groups -OCH3 is 2. The third kappa shape index (κ3) is 3.23. The summed E-state index contributed by atoms with van der Waals surface area (Å²) in [5, 5.41) is 3.14. The Morgan fingerprint density at radius 1 is 1.17 bits per heavy atom. The highest BCUT2D eigenvalue weighted by molar-refractivity contribution is 6.33. The Morgan fingerprint density at radius 3 is 2.63 bits per heavy atom. The summed E-state index contributed by atoms with van der Waals surface area (Å²) >= 11 is 6.12. The molecule has 30 heavy (non-hydrogen) atoms. The van der Waals surface area contributed by atoms with Gasteiger partial charge in [0.1, 0.15) is 11.6 Å². The maximum atomic E-state index is 12.9. The third-order valence-electron chi connectivity index (χ3n) is 5.21. The molecule has 0 bridgehead atoms. The van der Waals surface area contributed by atoms with Crippen LogP contribution in [0.25, 0.3) is 0 Å². The van der Waals surface area contributed by atoms with Gasteiger partial charge in [-0.25, -0.2) is 4.79 Å². The molecule has 0 aliphatic carbocycles. The van der Waals surface area contributed by atoms with E-state index >= 15 is 0 Å². The number of anilines is 1. The number of hydrogen-bond acceptors (Lipinski definition) is 6. The minimum absolute atomic E-state index is 0.164. The Labute approximate surface area is 177 Å². The van der Waals surface area contributed by atoms with Crippen LogP contribution in [-0.4, -0.2) is 42.9 Å². The second-order valence-electron chi connectivity index (χ2n) is 6.85. The molecule has 2 aliphatic heterocycles. The number of halogens is 1. The zero-order chi connectivity index (χ0) is 21.4. The summed E-state index contributed by atoms with van der Waals surface area (Å²) in [6.45, 7) is 0. The van der Waals surface area contributed by atoms with Crippen LogP contribution in [0.1, 0.15) is 35.0 Å². The highest BCUT2D eigenvalue weighted by Crippen LogP contribution is 2.45. The summed E-state index contributed by atoms with van der Waals surface area (Å²) in [4.78, 5) is 39.5. The van der Waals surface area contributed by atoms with Gasteiger partial charge in [0, 0.05) is 12.0 Å². The van der Waals surface area contributed by atoms with Crippen molar-refractivity contribution in [3.63, 3.8) is 0 Å². The van der Waals surface area contributed by atoms with E-state index in [4.69, 9.17) is 25.8 Å². The average Bonchev–Trinajstić information content (AvgIpc) is 3.28. The normalized spacial score (nSPS) is 20.0. The second kappa shape index (κ2) is 7.87. The molecule has 156 valence electrons. The lowest BCUT2D eigenvalue weighted by molar-refractivity contribution is -0.144. The van der Waals surface area contributed by atoms with E-state index < -0.39 is 24.1 Å². The molecule has 4 rings (SSSR count). The Hall–Kier alpha value is -3.26. The first-order valence-electron chi connectivity index (χ1n) is 9.28. The molecule has 1 saturated heterocycles. The number of rotatable bonds is 5. The quantitative estimate of drug-likeness (QED) is 0.732. The van der Waals surface area contributed by atoms with Crippen LogP contribution >= 0.6 is 11.6 Å². The molecule has 0 aromatic heterocycles. The molecule has 0 spiro atoms. The molecule has 2 heterocycles. The van der Waals surface area contributed by atoms with E-state index in [9.17, 15) is 14.4 Å². The smallest absolute Gasteiger partial charge is 0.344 e. The molecule has 1 N–H and O–H groups in total. The monoisotopic (exact) mass is 430 g/mol. The topological polar surface area (TPSA) is 94.2 Å². The lowest BCUT2D eigenvalue weighted by Crippen LogP contribution is -2.43. The number of amides is 2. The van der Waals surface area contributed by atoms with Crippen molar-refractivity contribution >= 4 is 35.1 Å². The summed E-state index contributed by atoms with van der Waals surface area (Å²) in [6, 6.07) is 9.28. The summed E-state index contributed by atoms with van der Waals surface area (Å²) in [5.74, 6) is -0.731. The Morgan fingerprint density at radius 2 is 1.93 bits per heavy atom. The highest BCUT2D eigenvalue weighted by atomic mass is 35.5. The minimum Gasteiger partial charge on any atom is -0.493 e. The van der Waals surface area contributed by atoms with Crippen molar-refractivity contribution in [3.05, 3.63) is 52.5 Å². The van der Waals surface area contributed by atoms with E-state index in [0.717, 1.165) is 0 Å². The van der Waals surface area contributed by atoms with Gasteiger partial charge in [0.25, 0.3) is 0 Å². The molecule has 0 radical (unpaired) electrons. The van der Waals surface area contributed by atoms with E-state index in [1.807, 2.05) is 0 Å². The van der Waals surface area contributed by atoms with Crippen LogP contribution in [0.3, 0.4) is 0 Å². The molecule has 1 fully saturated rings. The summed E-state index contributed by atoms with van der Waals surface area (Å²) < 4.78 is 16.1. The standard InChI is InChI=1S/C21H19ClN2O6/c1-28-15-9-7-11-17(18(15)29-2)21(27)30-20(11)24-14(8-10-16(24)25)19(26)23-13-6-4-3-5-12(13)22/h3-7,9,14,20H,8,10H2,1-2H3,(H,23,26)/t14-,20+/m1/s1. The third-order valence-corrected chi connectivity index (χ3v) is 5.54. The molecular formula is C21H19ClN2O6. The fourth-order valence-corrected chi connectivity index (χ4v) is 4.00. The molecule has 8 nitrogen and oxygen atoms in total. The number of hydrogen-bond donors (Lipinski definition) is 1. The Kier molecular flexibility index (Phi) is 5.26. The number of para-hydroxylation sites is 1. The van der Waals surface area contributed by atoms with Gasteiger partial charge in [-0.1, -0.05) is 23.7 Å². The first-order valence-corrected chi connectivity index (χ1v) is 9.66. The van der Waals surface area contributed by atoms with E-state index in [2.05, 4.69) is 5.32 Å². The predicted molar refractivity (Wildman–Crippen MR) is 108 cm³/mol.